The molecule has 0 radical (unpaired) electrons. The SMILES string of the molecule is CCOC(C)(C)CNC(C)c1cccnc1. The lowest BCUT2D eigenvalue weighted by atomic mass is 10.1. The summed E-state index contributed by atoms with van der Waals surface area (Å²) in [4.78, 5) is 4.12. The minimum atomic E-state index is -0.120. The van der Waals surface area contributed by atoms with Crippen molar-refractivity contribution in [1.29, 1.82) is 0 Å². The second kappa shape index (κ2) is 5.97. The Morgan fingerprint density at radius 1 is 1.50 bits per heavy atom. The second-order valence-corrected chi connectivity index (χ2v) is 4.58. The molecule has 3 nitrogen and oxygen atoms in total. The lowest BCUT2D eigenvalue weighted by Crippen LogP contribution is -2.38. The summed E-state index contributed by atoms with van der Waals surface area (Å²) < 4.78 is 5.64. The highest BCUT2D eigenvalue weighted by molar-refractivity contribution is 5.12. The van der Waals surface area contributed by atoms with E-state index in [1.54, 1.807) is 6.20 Å². The van der Waals surface area contributed by atoms with Gasteiger partial charge in [-0.25, -0.2) is 0 Å². The number of pyridine rings is 1. The Morgan fingerprint density at radius 3 is 2.81 bits per heavy atom. The van der Waals surface area contributed by atoms with Gasteiger partial charge in [0.1, 0.15) is 0 Å². The van der Waals surface area contributed by atoms with Gasteiger partial charge in [-0.1, -0.05) is 6.07 Å². The molecule has 3 heteroatoms. The van der Waals surface area contributed by atoms with Crippen molar-refractivity contribution in [2.75, 3.05) is 13.2 Å². The molecule has 1 rings (SSSR count). The van der Waals surface area contributed by atoms with Crippen molar-refractivity contribution in [1.82, 2.24) is 10.3 Å². The zero-order chi connectivity index (χ0) is 12.0. The number of aromatic nitrogens is 1. The first-order chi connectivity index (χ1) is 7.55. The number of rotatable bonds is 6. The van der Waals surface area contributed by atoms with Gasteiger partial charge in [0.05, 0.1) is 5.60 Å². The van der Waals surface area contributed by atoms with Gasteiger partial charge in [-0.05, 0) is 39.3 Å². The molecular formula is C13H22N2O. The zero-order valence-electron chi connectivity index (χ0n) is 10.7. The highest BCUT2D eigenvalue weighted by Gasteiger charge is 2.18. The summed E-state index contributed by atoms with van der Waals surface area (Å²) in [7, 11) is 0. The first kappa shape index (κ1) is 13.1. The lowest BCUT2D eigenvalue weighted by molar-refractivity contribution is -0.0103. The van der Waals surface area contributed by atoms with Crippen molar-refractivity contribution in [2.45, 2.75) is 39.3 Å². The number of nitrogens with zero attached hydrogens (tertiary/aromatic N) is 1. The Kier molecular flexibility index (Phi) is 4.90. The molecule has 0 fully saturated rings. The maximum atomic E-state index is 5.64. The molecule has 1 unspecified atom stereocenters. The standard InChI is InChI=1S/C13H22N2O/c1-5-16-13(3,4)10-15-11(2)12-7-6-8-14-9-12/h6-9,11,15H,5,10H2,1-4H3. The Hall–Kier alpha value is -0.930. The number of ether oxygens (including phenoxy) is 1. The Bertz CT molecular complexity index is 298. The average molecular weight is 222 g/mol. The molecule has 0 saturated carbocycles. The van der Waals surface area contributed by atoms with E-state index in [4.69, 9.17) is 4.74 Å². The first-order valence-electron chi connectivity index (χ1n) is 5.82. The third-order valence-electron chi connectivity index (χ3n) is 2.55. The fourth-order valence-electron chi connectivity index (χ4n) is 1.59. The fourth-order valence-corrected chi connectivity index (χ4v) is 1.59. The van der Waals surface area contributed by atoms with Crippen molar-refractivity contribution < 1.29 is 4.74 Å². The molecule has 0 amide bonds. The molecule has 0 aliphatic carbocycles. The molecule has 0 aliphatic rings. The molecular weight excluding hydrogens is 200 g/mol. The van der Waals surface area contributed by atoms with Crippen LogP contribution in [0, 0.1) is 0 Å². The average Bonchev–Trinajstić information content (AvgIpc) is 2.27. The van der Waals surface area contributed by atoms with E-state index in [1.165, 1.54) is 5.56 Å². The molecule has 1 atom stereocenters. The molecule has 1 aromatic rings. The molecule has 1 N–H and O–H groups in total. The maximum absolute atomic E-state index is 5.64. The molecule has 0 spiro atoms. The molecule has 16 heavy (non-hydrogen) atoms. The summed E-state index contributed by atoms with van der Waals surface area (Å²) in [6.45, 7) is 9.93. The van der Waals surface area contributed by atoms with Crippen LogP contribution in [0.1, 0.15) is 39.3 Å². The van der Waals surface area contributed by atoms with Gasteiger partial charge in [-0.15, -0.1) is 0 Å². The Labute approximate surface area is 98.2 Å². The number of hydrogen-bond donors (Lipinski definition) is 1. The van der Waals surface area contributed by atoms with E-state index in [2.05, 4.69) is 37.1 Å². The number of hydrogen-bond acceptors (Lipinski definition) is 3. The quantitative estimate of drug-likeness (QED) is 0.803. The van der Waals surface area contributed by atoms with Crippen molar-refractivity contribution in [3.8, 4) is 0 Å². The van der Waals surface area contributed by atoms with E-state index < -0.39 is 0 Å². The van der Waals surface area contributed by atoms with Gasteiger partial charge in [0.15, 0.2) is 0 Å². The van der Waals surface area contributed by atoms with Crippen molar-refractivity contribution >= 4 is 0 Å². The fraction of sp³-hybridized carbons (Fsp3) is 0.615. The molecule has 1 heterocycles. The van der Waals surface area contributed by atoms with Crippen LogP contribution in [0.4, 0.5) is 0 Å². The predicted molar refractivity (Wildman–Crippen MR) is 66.4 cm³/mol. The normalized spacial score (nSPS) is 13.8. The highest BCUT2D eigenvalue weighted by Crippen LogP contribution is 2.13. The second-order valence-electron chi connectivity index (χ2n) is 4.58. The molecule has 0 aliphatic heterocycles. The van der Waals surface area contributed by atoms with Crippen LogP contribution in [0.3, 0.4) is 0 Å². The maximum Gasteiger partial charge on any atom is 0.0750 e. The van der Waals surface area contributed by atoms with Crippen LogP contribution in [-0.4, -0.2) is 23.7 Å². The predicted octanol–water partition coefficient (Wildman–Crippen LogP) is 2.55. The monoisotopic (exact) mass is 222 g/mol. The summed E-state index contributed by atoms with van der Waals surface area (Å²) >= 11 is 0. The van der Waals surface area contributed by atoms with E-state index in [-0.39, 0.29) is 5.60 Å². The van der Waals surface area contributed by atoms with Gasteiger partial charge >= 0.3 is 0 Å². The summed E-state index contributed by atoms with van der Waals surface area (Å²) in [5.41, 5.74) is 1.08. The molecule has 0 aromatic carbocycles. The summed E-state index contributed by atoms with van der Waals surface area (Å²) in [5, 5.41) is 3.46. The minimum absolute atomic E-state index is 0.120. The topological polar surface area (TPSA) is 34.1 Å². The van der Waals surface area contributed by atoms with Crippen LogP contribution in [0.25, 0.3) is 0 Å². The minimum Gasteiger partial charge on any atom is -0.375 e. The third kappa shape index (κ3) is 4.29. The smallest absolute Gasteiger partial charge is 0.0750 e. The largest absolute Gasteiger partial charge is 0.375 e. The lowest BCUT2D eigenvalue weighted by Gasteiger charge is -2.27. The van der Waals surface area contributed by atoms with Crippen LogP contribution in [0.5, 0.6) is 0 Å². The van der Waals surface area contributed by atoms with Gasteiger partial charge in [0.2, 0.25) is 0 Å². The van der Waals surface area contributed by atoms with Crippen LogP contribution in [0.15, 0.2) is 24.5 Å². The molecule has 0 saturated heterocycles. The van der Waals surface area contributed by atoms with Crippen LogP contribution in [0.2, 0.25) is 0 Å². The van der Waals surface area contributed by atoms with Crippen LogP contribution >= 0.6 is 0 Å². The van der Waals surface area contributed by atoms with E-state index in [9.17, 15) is 0 Å². The molecule has 90 valence electrons. The Morgan fingerprint density at radius 2 is 2.25 bits per heavy atom. The zero-order valence-corrected chi connectivity index (χ0v) is 10.7. The van der Waals surface area contributed by atoms with Gasteiger partial charge < -0.3 is 10.1 Å². The van der Waals surface area contributed by atoms with Crippen molar-refractivity contribution in [3.63, 3.8) is 0 Å². The highest BCUT2D eigenvalue weighted by atomic mass is 16.5. The van der Waals surface area contributed by atoms with Crippen LogP contribution < -0.4 is 5.32 Å². The molecule has 1 aromatic heterocycles. The third-order valence-corrected chi connectivity index (χ3v) is 2.55. The summed E-state index contributed by atoms with van der Waals surface area (Å²) in [6, 6.07) is 4.34. The van der Waals surface area contributed by atoms with Crippen LogP contribution in [-0.2, 0) is 4.74 Å². The first-order valence-corrected chi connectivity index (χ1v) is 5.82. The van der Waals surface area contributed by atoms with Crippen molar-refractivity contribution in [2.24, 2.45) is 0 Å². The van der Waals surface area contributed by atoms with E-state index >= 15 is 0 Å². The van der Waals surface area contributed by atoms with E-state index in [1.807, 2.05) is 19.2 Å². The van der Waals surface area contributed by atoms with Gasteiger partial charge in [-0.3, -0.25) is 4.98 Å². The summed E-state index contributed by atoms with van der Waals surface area (Å²) in [6.07, 6.45) is 3.69. The molecule has 0 bridgehead atoms. The van der Waals surface area contributed by atoms with Gasteiger partial charge in [-0.2, -0.15) is 0 Å². The van der Waals surface area contributed by atoms with Crippen molar-refractivity contribution in [3.05, 3.63) is 30.1 Å². The Balaban J connectivity index is 2.44. The van der Waals surface area contributed by atoms with E-state index in [0.717, 1.165) is 13.2 Å². The van der Waals surface area contributed by atoms with Gasteiger partial charge in [0, 0.05) is 31.6 Å². The summed E-state index contributed by atoms with van der Waals surface area (Å²) in [5.74, 6) is 0. The van der Waals surface area contributed by atoms with Gasteiger partial charge in [0.25, 0.3) is 0 Å². The number of nitrogens with one attached hydrogen (secondary N) is 1. The van der Waals surface area contributed by atoms with E-state index in [0.29, 0.717) is 6.04 Å².